The highest BCUT2D eigenvalue weighted by Crippen LogP contribution is 2.08. The molecule has 0 aliphatic carbocycles. The van der Waals surface area contributed by atoms with Crippen LogP contribution in [0.3, 0.4) is 0 Å². The zero-order valence-corrected chi connectivity index (χ0v) is 8.88. The molecule has 0 aliphatic heterocycles. The summed E-state index contributed by atoms with van der Waals surface area (Å²) in [6, 6.07) is 10.6. The molecule has 0 fully saturated rings. The monoisotopic (exact) mass is 213 g/mol. The number of aryl methyl sites for hydroxylation is 1. The molecule has 0 amide bonds. The van der Waals surface area contributed by atoms with E-state index >= 15 is 0 Å². The van der Waals surface area contributed by atoms with Gasteiger partial charge in [-0.1, -0.05) is 17.7 Å². The Hall–Kier alpha value is -2.16. The Morgan fingerprint density at radius 1 is 1.25 bits per heavy atom. The molecule has 3 nitrogen and oxygen atoms in total. The Bertz CT molecular complexity index is 540. The zero-order chi connectivity index (χ0) is 11.5. The van der Waals surface area contributed by atoms with Crippen molar-refractivity contribution in [2.24, 2.45) is 0 Å². The fourth-order valence-corrected chi connectivity index (χ4v) is 1.59. The zero-order valence-electron chi connectivity index (χ0n) is 8.88. The van der Waals surface area contributed by atoms with E-state index in [2.05, 4.69) is 0 Å². The number of hydrogen-bond donors (Lipinski definition) is 0. The van der Waals surface area contributed by atoms with Gasteiger partial charge in [0.25, 0.3) is 5.91 Å². The van der Waals surface area contributed by atoms with Crippen molar-refractivity contribution in [3.63, 3.8) is 0 Å². The summed E-state index contributed by atoms with van der Waals surface area (Å²) in [5, 5.41) is 0. The first-order valence-electron chi connectivity index (χ1n) is 4.96. The summed E-state index contributed by atoms with van der Waals surface area (Å²) in [6.07, 6.45) is 2.27. The fraction of sp³-hybridized carbons (Fsp3) is 0.0769. The fourth-order valence-electron chi connectivity index (χ4n) is 1.59. The predicted molar refractivity (Wildman–Crippen MR) is 60.7 cm³/mol. The van der Waals surface area contributed by atoms with Gasteiger partial charge in [0.05, 0.1) is 5.69 Å². The van der Waals surface area contributed by atoms with Gasteiger partial charge in [-0.2, -0.15) is 0 Å². The Kier molecular flexibility index (Phi) is 2.68. The molecule has 0 atom stereocenters. The molecule has 80 valence electrons. The van der Waals surface area contributed by atoms with Gasteiger partial charge < -0.3 is 0 Å². The second-order valence-electron chi connectivity index (χ2n) is 3.60. The first-order chi connectivity index (χ1) is 7.72. The van der Waals surface area contributed by atoms with Crippen LogP contribution >= 0.6 is 0 Å². The summed E-state index contributed by atoms with van der Waals surface area (Å²) < 4.78 is 1.35. The van der Waals surface area contributed by atoms with Crippen molar-refractivity contribution in [2.75, 3.05) is 0 Å². The summed E-state index contributed by atoms with van der Waals surface area (Å²) in [4.78, 5) is 22.8. The molecule has 0 aliphatic rings. The van der Waals surface area contributed by atoms with Crippen LogP contribution in [0.2, 0.25) is 0 Å². The normalized spacial score (nSPS) is 10.1. The lowest BCUT2D eigenvalue weighted by molar-refractivity contribution is 0.0947. The number of benzene rings is 1. The van der Waals surface area contributed by atoms with E-state index in [0.717, 1.165) is 5.56 Å². The maximum absolute atomic E-state index is 12.0. The summed E-state index contributed by atoms with van der Waals surface area (Å²) in [5.74, 6) is -0.184. The third kappa shape index (κ3) is 1.80. The Labute approximate surface area is 93.3 Å². The van der Waals surface area contributed by atoms with Gasteiger partial charge in [0.15, 0.2) is 6.29 Å². The van der Waals surface area contributed by atoms with Gasteiger partial charge in [-0.25, -0.2) is 0 Å². The average Bonchev–Trinajstić information content (AvgIpc) is 2.76. The number of nitrogens with zero attached hydrogens (tertiary/aromatic N) is 1. The van der Waals surface area contributed by atoms with Gasteiger partial charge in [-0.05, 0) is 31.2 Å². The predicted octanol–water partition coefficient (Wildman–Crippen LogP) is 2.30. The minimum atomic E-state index is -0.184. The van der Waals surface area contributed by atoms with Gasteiger partial charge >= 0.3 is 0 Å². The summed E-state index contributed by atoms with van der Waals surface area (Å²) in [7, 11) is 0. The second-order valence-corrected chi connectivity index (χ2v) is 3.60. The van der Waals surface area contributed by atoms with Gasteiger partial charge in [0, 0.05) is 11.8 Å². The molecule has 0 saturated carbocycles. The molecule has 0 bridgehead atoms. The molecule has 2 rings (SSSR count). The lowest BCUT2D eigenvalue weighted by Crippen LogP contribution is -2.13. The van der Waals surface area contributed by atoms with Crippen LogP contribution in [0.25, 0.3) is 0 Å². The molecule has 16 heavy (non-hydrogen) atoms. The van der Waals surface area contributed by atoms with Crippen LogP contribution < -0.4 is 0 Å². The number of rotatable bonds is 2. The first-order valence-corrected chi connectivity index (χ1v) is 4.96. The molecule has 3 heteroatoms. The molecule has 0 unspecified atom stereocenters. The molecule has 0 spiro atoms. The average molecular weight is 213 g/mol. The van der Waals surface area contributed by atoms with E-state index in [1.165, 1.54) is 4.57 Å². The minimum absolute atomic E-state index is 0.184. The van der Waals surface area contributed by atoms with Crippen molar-refractivity contribution in [1.82, 2.24) is 4.57 Å². The molecular weight excluding hydrogens is 202 g/mol. The van der Waals surface area contributed by atoms with Gasteiger partial charge in [0.1, 0.15) is 0 Å². The van der Waals surface area contributed by atoms with Crippen LogP contribution in [0, 0.1) is 6.92 Å². The number of carbonyl (C=O) groups is 2. The van der Waals surface area contributed by atoms with Crippen molar-refractivity contribution in [1.29, 1.82) is 0 Å². The van der Waals surface area contributed by atoms with Crippen molar-refractivity contribution in [2.45, 2.75) is 6.92 Å². The number of aromatic nitrogens is 1. The van der Waals surface area contributed by atoms with E-state index in [-0.39, 0.29) is 5.91 Å². The van der Waals surface area contributed by atoms with Crippen molar-refractivity contribution in [3.8, 4) is 0 Å². The van der Waals surface area contributed by atoms with Crippen molar-refractivity contribution in [3.05, 3.63) is 59.4 Å². The maximum Gasteiger partial charge on any atom is 0.262 e. The van der Waals surface area contributed by atoms with Crippen LogP contribution in [-0.4, -0.2) is 16.8 Å². The number of hydrogen-bond acceptors (Lipinski definition) is 2. The largest absolute Gasteiger partial charge is 0.296 e. The smallest absolute Gasteiger partial charge is 0.262 e. The van der Waals surface area contributed by atoms with Crippen LogP contribution in [0.15, 0.2) is 42.6 Å². The van der Waals surface area contributed by atoms with Gasteiger partial charge in [0.2, 0.25) is 0 Å². The van der Waals surface area contributed by atoms with E-state index in [9.17, 15) is 9.59 Å². The molecular formula is C13H11NO2. The maximum atomic E-state index is 12.0. The second kappa shape index (κ2) is 4.14. The molecule has 1 aromatic carbocycles. The third-order valence-electron chi connectivity index (χ3n) is 2.38. The topological polar surface area (TPSA) is 39.1 Å². The van der Waals surface area contributed by atoms with E-state index in [1.807, 2.05) is 19.1 Å². The lowest BCUT2D eigenvalue weighted by Gasteiger charge is -2.04. The highest BCUT2D eigenvalue weighted by molar-refractivity contribution is 5.98. The van der Waals surface area contributed by atoms with Crippen LogP contribution in [-0.2, 0) is 0 Å². The van der Waals surface area contributed by atoms with E-state index < -0.39 is 0 Å². The number of aldehydes is 1. The van der Waals surface area contributed by atoms with Crippen LogP contribution in [0.5, 0.6) is 0 Å². The quantitative estimate of drug-likeness (QED) is 0.718. The Morgan fingerprint density at radius 3 is 2.75 bits per heavy atom. The van der Waals surface area contributed by atoms with E-state index in [4.69, 9.17) is 0 Å². The Balaban J connectivity index is 2.43. The van der Waals surface area contributed by atoms with Crippen molar-refractivity contribution < 1.29 is 9.59 Å². The molecule has 1 heterocycles. The molecule has 1 aromatic heterocycles. The Morgan fingerprint density at radius 2 is 2.06 bits per heavy atom. The summed E-state index contributed by atoms with van der Waals surface area (Å²) in [5.41, 5.74) is 1.97. The van der Waals surface area contributed by atoms with Crippen molar-refractivity contribution >= 4 is 12.2 Å². The van der Waals surface area contributed by atoms with E-state index in [1.54, 1.807) is 30.5 Å². The molecule has 0 saturated heterocycles. The highest BCUT2D eigenvalue weighted by Gasteiger charge is 2.10. The first kappa shape index (κ1) is 10.4. The van der Waals surface area contributed by atoms with Crippen LogP contribution in [0.1, 0.15) is 26.4 Å². The van der Waals surface area contributed by atoms with E-state index in [0.29, 0.717) is 17.5 Å². The van der Waals surface area contributed by atoms with Crippen LogP contribution in [0.4, 0.5) is 0 Å². The standard InChI is InChI=1S/C13H11NO2/c1-10-4-2-5-11(8-10)13(16)14-7-3-6-12(14)9-15/h2-9H,1H3. The summed E-state index contributed by atoms with van der Waals surface area (Å²) in [6.45, 7) is 1.92. The highest BCUT2D eigenvalue weighted by atomic mass is 16.2. The molecule has 0 N–H and O–H groups in total. The number of carbonyl (C=O) groups excluding carboxylic acids is 2. The molecule has 0 radical (unpaired) electrons. The third-order valence-corrected chi connectivity index (χ3v) is 2.38. The lowest BCUT2D eigenvalue weighted by atomic mass is 10.1. The SMILES string of the molecule is Cc1cccc(C(=O)n2cccc2C=O)c1. The minimum Gasteiger partial charge on any atom is -0.296 e. The van der Waals surface area contributed by atoms with Gasteiger partial charge in [-0.3, -0.25) is 14.2 Å². The van der Waals surface area contributed by atoms with Gasteiger partial charge in [-0.15, -0.1) is 0 Å². The molecule has 2 aromatic rings. The summed E-state index contributed by atoms with van der Waals surface area (Å²) >= 11 is 0.